The first-order valence-corrected chi connectivity index (χ1v) is 13.1. The van der Waals surface area contributed by atoms with Crippen molar-refractivity contribution in [2.24, 2.45) is 10.1 Å². The molecule has 234 valence electrons. The molecule has 0 saturated heterocycles. The summed E-state index contributed by atoms with van der Waals surface area (Å²) in [5.74, 6) is -21.8. The molecule has 0 bridgehead atoms. The fourth-order valence-corrected chi connectivity index (χ4v) is 5.63. The molecule has 0 aliphatic rings. The van der Waals surface area contributed by atoms with E-state index in [0.29, 0.717) is 0 Å². The van der Waals surface area contributed by atoms with Gasteiger partial charge in [-0.2, -0.15) is 16.8 Å². The van der Waals surface area contributed by atoms with Gasteiger partial charge >= 0.3 is 0 Å². The summed E-state index contributed by atoms with van der Waals surface area (Å²) in [6.45, 7) is 7.29. The molecule has 0 amide bonds. The third kappa shape index (κ3) is 3.99. The summed E-state index contributed by atoms with van der Waals surface area (Å²) in [5.41, 5.74) is -3.58. The number of rotatable bonds is 2. The molecule has 7 rings (SSSR count). The summed E-state index contributed by atoms with van der Waals surface area (Å²) >= 11 is 0. The number of halogens is 10. The molecular weight excluding hydrogens is 658 g/mol. The maximum atomic E-state index is 14.6. The Labute approximate surface area is 258 Å². The third-order valence-corrected chi connectivity index (χ3v) is 7.71. The van der Waals surface area contributed by atoms with Crippen molar-refractivity contribution in [1.29, 1.82) is 5.26 Å². The van der Waals surface area contributed by atoms with Crippen LogP contribution in [0.2, 0.25) is 0 Å². The first-order valence-electron chi connectivity index (χ1n) is 13.1. The van der Waals surface area contributed by atoms with Gasteiger partial charge < -0.3 is 0 Å². The number of hydrogen-bond donors (Lipinski definition) is 0. The zero-order valence-corrected chi connectivity index (χ0v) is 22.9. The van der Waals surface area contributed by atoms with Gasteiger partial charge in [-0.25, -0.2) is 53.9 Å². The van der Waals surface area contributed by atoms with Crippen LogP contribution in [-0.2, 0) is 0 Å². The van der Waals surface area contributed by atoms with Crippen LogP contribution in [-0.4, -0.2) is 9.97 Å². The summed E-state index contributed by atoms with van der Waals surface area (Å²) < 4.78 is 142. The summed E-state index contributed by atoms with van der Waals surface area (Å²) in [5, 5.41) is 13.0. The fourth-order valence-electron chi connectivity index (χ4n) is 5.63. The number of fused-ring (bicyclic) bond motifs is 6. The van der Waals surface area contributed by atoms with Crippen molar-refractivity contribution in [2.75, 3.05) is 0 Å². The number of aromatic nitrogens is 2. The van der Waals surface area contributed by atoms with Crippen molar-refractivity contribution in [3.05, 3.63) is 117 Å². The molecule has 0 aliphatic heterocycles. The molecule has 1 heterocycles. The van der Waals surface area contributed by atoms with Gasteiger partial charge in [0.05, 0.1) is 27.3 Å². The van der Waals surface area contributed by atoms with Crippen LogP contribution in [0.5, 0.6) is 0 Å². The van der Waals surface area contributed by atoms with E-state index in [4.69, 9.17) is 6.57 Å². The lowest BCUT2D eigenvalue weighted by atomic mass is 10.0. The second kappa shape index (κ2) is 10.6. The Hall–Kier alpha value is -6.42. The minimum Gasteiger partial charge on any atom is -0.241 e. The first kappa shape index (κ1) is 30.2. The van der Waals surface area contributed by atoms with Gasteiger partial charge in [0, 0.05) is 21.5 Å². The summed E-state index contributed by atoms with van der Waals surface area (Å²) in [6.07, 6.45) is 1.54. The smallest absolute Gasteiger partial charge is 0.206 e. The van der Waals surface area contributed by atoms with E-state index in [2.05, 4.69) is 25.0 Å². The van der Waals surface area contributed by atoms with E-state index in [0.717, 1.165) is 24.3 Å². The van der Waals surface area contributed by atoms with Crippen molar-refractivity contribution in [3.8, 4) is 28.4 Å². The molecule has 48 heavy (non-hydrogen) atoms. The molecule has 0 radical (unpaired) electrons. The van der Waals surface area contributed by atoms with Gasteiger partial charge in [-0.3, -0.25) is 0 Å². The Bertz CT molecular complexity index is 2570. The zero-order chi connectivity index (χ0) is 34.3. The standard InChI is InChI=1S/C32H6F10N6/c1-44-48-30-14-7-10(16-19(35)23(39)26(42)24(40)20(16)36)3-5-12(14)29-32(30)47-28-11-4-2-9(6-13(11)27(45-8-43)31(28)46-29)15-17(33)21(37)25(41)22(38)18(15)34/h2-7H/b45-27+,48-30+. The molecular formula is C32H6F10N6. The van der Waals surface area contributed by atoms with E-state index in [1.807, 2.05) is 0 Å². The lowest BCUT2D eigenvalue weighted by Crippen LogP contribution is -2.05. The molecule has 1 aromatic heterocycles. The summed E-state index contributed by atoms with van der Waals surface area (Å²) in [6, 6.07) is 6.53. The fraction of sp³-hybridized carbons (Fsp3) is 0. The maximum Gasteiger partial charge on any atom is 0.206 e. The van der Waals surface area contributed by atoms with E-state index in [-0.39, 0.29) is 54.3 Å². The van der Waals surface area contributed by atoms with Crippen LogP contribution in [0.25, 0.3) is 70.8 Å². The van der Waals surface area contributed by atoms with Crippen LogP contribution in [0.15, 0.2) is 46.5 Å². The topological polar surface area (TPSA) is 78.6 Å². The quantitative estimate of drug-likeness (QED) is 0.0473. The van der Waals surface area contributed by atoms with E-state index >= 15 is 0 Å². The molecule has 0 unspecified atom stereocenters. The molecule has 0 N–H and O–H groups in total. The molecule has 0 atom stereocenters. The lowest BCUT2D eigenvalue weighted by Gasteiger charge is -2.08. The number of hydrogen-bond acceptors (Lipinski definition) is 5. The molecule has 0 spiro atoms. The molecule has 0 aliphatic carbocycles. The van der Waals surface area contributed by atoms with E-state index < -0.39 is 80.4 Å². The average molecular weight is 664 g/mol. The molecule has 6 aromatic carbocycles. The van der Waals surface area contributed by atoms with Crippen LogP contribution < -0.4 is 10.7 Å². The van der Waals surface area contributed by atoms with E-state index in [9.17, 15) is 49.2 Å². The number of benzene rings is 4. The Balaban J connectivity index is 1.55. The predicted molar refractivity (Wildman–Crippen MR) is 148 cm³/mol. The second-order valence-corrected chi connectivity index (χ2v) is 10.1. The summed E-state index contributed by atoms with van der Waals surface area (Å²) in [7, 11) is 0. The highest BCUT2D eigenvalue weighted by molar-refractivity contribution is 6.15. The number of nitrogens with zero attached hydrogens (tertiary/aromatic N) is 6. The highest BCUT2D eigenvalue weighted by Gasteiger charge is 2.29. The van der Waals surface area contributed by atoms with Crippen molar-refractivity contribution in [3.63, 3.8) is 0 Å². The highest BCUT2D eigenvalue weighted by atomic mass is 19.2. The predicted octanol–water partition coefficient (Wildman–Crippen LogP) is 7.81. The average Bonchev–Trinajstić information content (AvgIpc) is 3.55. The minimum absolute atomic E-state index is 0.00598. The van der Waals surface area contributed by atoms with Gasteiger partial charge in [0.1, 0.15) is 16.4 Å². The first-order chi connectivity index (χ1) is 22.9. The van der Waals surface area contributed by atoms with Crippen LogP contribution in [0.3, 0.4) is 0 Å². The maximum absolute atomic E-state index is 14.6. The van der Waals surface area contributed by atoms with Gasteiger partial charge in [0.15, 0.2) is 51.9 Å². The Morgan fingerprint density at radius 1 is 0.521 bits per heavy atom. The Kier molecular flexibility index (Phi) is 6.66. The molecule has 0 saturated carbocycles. The largest absolute Gasteiger partial charge is 0.241 e. The molecule has 16 heteroatoms. The van der Waals surface area contributed by atoms with Crippen LogP contribution >= 0.6 is 0 Å². The van der Waals surface area contributed by atoms with E-state index in [1.165, 1.54) is 12.1 Å². The minimum atomic E-state index is -2.35. The van der Waals surface area contributed by atoms with Gasteiger partial charge in [-0.1, -0.05) is 24.3 Å². The van der Waals surface area contributed by atoms with Crippen LogP contribution in [0.1, 0.15) is 0 Å². The van der Waals surface area contributed by atoms with Gasteiger partial charge in [0.2, 0.25) is 17.8 Å². The van der Waals surface area contributed by atoms with Crippen LogP contribution in [0.4, 0.5) is 43.9 Å². The Morgan fingerprint density at radius 2 is 0.896 bits per heavy atom. The Morgan fingerprint density at radius 3 is 1.29 bits per heavy atom. The molecule has 6 nitrogen and oxygen atoms in total. The van der Waals surface area contributed by atoms with Gasteiger partial charge in [-0.15, -0.1) is 4.95 Å². The highest BCUT2D eigenvalue weighted by Crippen LogP contribution is 2.37. The zero-order valence-electron chi connectivity index (χ0n) is 22.9. The second-order valence-electron chi connectivity index (χ2n) is 10.1. The SMILES string of the molecule is [C-]#[N+]/N=c1\c2cc(-c3c(F)c(F)c(F)c(F)c3F)ccc2c2nc3/c(=N/C#N)c4cc(-c5c(F)c(F)c(F)c(F)c5F)ccc4c3nc12. The normalized spacial score (nSPS) is 12.6. The van der Waals surface area contributed by atoms with Gasteiger partial charge in [-0.05, 0) is 23.3 Å². The van der Waals surface area contributed by atoms with Crippen molar-refractivity contribution >= 4 is 43.6 Å². The van der Waals surface area contributed by atoms with E-state index in [1.54, 1.807) is 6.19 Å². The van der Waals surface area contributed by atoms with Crippen molar-refractivity contribution in [2.45, 2.75) is 0 Å². The van der Waals surface area contributed by atoms with Gasteiger partial charge in [0.25, 0.3) is 0 Å². The molecule has 7 aromatic rings. The van der Waals surface area contributed by atoms with Crippen molar-refractivity contribution in [1.82, 2.24) is 9.97 Å². The van der Waals surface area contributed by atoms with Crippen molar-refractivity contribution < 1.29 is 43.9 Å². The van der Waals surface area contributed by atoms with Crippen LogP contribution in [0, 0.1) is 76.2 Å². The third-order valence-electron chi connectivity index (χ3n) is 7.71. The summed E-state index contributed by atoms with van der Waals surface area (Å²) in [4.78, 5) is 15.7. The monoisotopic (exact) mass is 664 g/mol. The molecule has 0 fully saturated rings. The number of nitriles is 1. The lowest BCUT2D eigenvalue weighted by molar-refractivity contribution is 0.381.